The maximum atomic E-state index is 12.5. The van der Waals surface area contributed by atoms with Crippen molar-refractivity contribution in [2.75, 3.05) is 11.1 Å². The van der Waals surface area contributed by atoms with Crippen molar-refractivity contribution < 1.29 is 13.2 Å². The van der Waals surface area contributed by atoms with Crippen molar-refractivity contribution in [3.63, 3.8) is 0 Å². The standard InChI is InChI=1S/C11H14F3N3/c12-11(13,14)10-5-9(8(15)6-16-10)17-7-3-1-2-4-7/h5-7H,1-4,15H2,(H,16,17). The largest absolute Gasteiger partial charge is 0.433 e. The Kier molecular flexibility index (Phi) is 3.13. The Bertz CT molecular complexity index is 397. The number of hydrogen-bond donors (Lipinski definition) is 2. The molecule has 0 saturated heterocycles. The van der Waals surface area contributed by atoms with Gasteiger partial charge >= 0.3 is 6.18 Å². The quantitative estimate of drug-likeness (QED) is 0.842. The zero-order chi connectivity index (χ0) is 12.5. The molecule has 1 fully saturated rings. The highest BCUT2D eigenvalue weighted by atomic mass is 19.4. The van der Waals surface area contributed by atoms with Gasteiger partial charge in [-0.15, -0.1) is 0 Å². The first-order valence-corrected chi connectivity index (χ1v) is 5.56. The van der Waals surface area contributed by atoms with Crippen LogP contribution in [0, 0.1) is 0 Å². The summed E-state index contributed by atoms with van der Waals surface area (Å²) >= 11 is 0. The van der Waals surface area contributed by atoms with Gasteiger partial charge in [-0.3, -0.25) is 0 Å². The Morgan fingerprint density at radius 3 is 2.53 bits per heavy atom. The van der Waals surface area contributed by atoms with Gasteiger partial charge in [0, 0.05) is 6.04 Å². The van der Waals surface area contributed by atoms with Crippen molar-refractivity contribution in [2.45, 2.75) is 37.9 Å². The second-order valence-electron chi connectivity index (χ2n) is 4.28. The highest BCUT2D eigenvalue weighted by Crippen LogP contribution is 2.32. The van der Waals surface area contributed by atoms with Gasteiger partial charge in [-0.1, -0.05) is 12.8 Å². The van der Waals surface area contributed by atoms with E-state index >= 15 is 0 Å². The van der Waals surface area contributed by atoms with Crippen LogP contribution in [0.5, 0.6) is 0 Å². The fourth-order valence-electron chi connectivity index (χ4n) is 2.04. The van der Waals surface area contributed by atoms with Gasteiger partial charge in [-0.25, -0.2) is 4.98 Å². The number of pyridine rings is 1. The van der Waals surface area contributed by atoms with Gasteiger partial charge in [0.2, 0.25) is 0 Å². The normalized spacial score (nSPS) is 17.4. The number of rotatable bonds is 2. The second kappa shape index (κ2) is 4.43. The molecular weight excluding hydrogens is 231 g/mol. The van der Waals surface area contributed by atoms with Crippen molar-refractivity contribution >= 4 is 11.4 Å². The van der Waals surface area contributed by atoms with Crippen LogP contribution >= 0.6 is 0 Å². The zero-order valence-corrected chi connectivity index (χ0v) is 9.22. The highest BCUT2D eigenvalue weighted by molar-refractivity contribution is 5.65. The van der Waals surface area contributed by atoms with Crippen LogP contribution in [0.2, 0.25) is 0 Å². The third-order valence-corrected chi connectivity index (χ3v) is 2.94. The molecule has 0 spiro atoms. The predicted octanol–water partition coefficient (Wildman–Crippen LogP) is 3.04. The molecular formula is C11H14F3N3. The van der Waals surface area contributed by atoms with Crippen LogP contribution in [0.3, 0.4) is 0 Å². The molecule has 0 aromatic carbocycles. The molecule has 3 N–H and O–H groups in total. The Morgan fingerprint density at radius 2 is 1.94 bits per heavy atom. The van der Waals surface area contributed by atoms with E-state index in [2.05, 4.69) is 10.3 Å². The number of anilines is 2. The van der Waals surface area contributed by atoms with Gasteiger partial charge in [-0.05, 0) is 18.9 Å². The van der Waals surface area contributed by atoms with Gasteiger partial charge < -0.3 is 11.1 Å². The van der Waals surface area contributed by atoms with Crippen LogP contribution in [-0.2, 0) is 6.18 Å². The molecule has 1 aliphatic rings. The van der Waals surface area contributed by atoms with Gasteiger partial charge in [0.25, 0.3) is 0 Å². The lowest BCUT2D eigenvalue weighted by Crippen LogP contribution is -2.17. The Hall–Kier alpha value is -1.46. The number of nitrogens with zero attached hydrogens (tertiary/aromatic N) is 1. The molecule has 0 unspecified atom stereocenters. The molecule has 0 bridgehead atoms. The number of aromatic nitrogens is 1. The van der Waals surface area contributed by atoms with Gasteiger partial charge in [0.1, 0.15) is 5.69 Å². The molecule has 0 aliphatic heterocycles. The van der Waals surface area contributed by atoms with Crippen molar-refractivity contribution in [3.8, 4) is 0 Å². The summed E-state index contributed by atoms with van der Waals surface area (Å²) in [5, 5.41) is 3.06. The molecule has 0 amide bonds. The van der Waals surface area contributed by atoms with Gasteiger partial charge in [0.15, 0.2) is 0 Å². The number of nitrogens with two attached hydrogens (primary N) is 1. The van der Waals surface area contributed by atoms with Crippen molar-refractivity contribution in [1.29, 1.82) is 0 Å². The number of halogens is 3. The average Bonchev–Trinajstić information content (AvgIpc) is 2.72. The molecule has 1 heterocycles. The zero-order valence-electron chi connectivity index (χ0n) is 9.22. The first-order chi connectivity index (χ1) is 7.97. The van der Waals surface area contributed by atoms with Crippen LogP contribution in [0.15, 0.2) is 12.3 Å². The number of nitrogens with one attached hydrogen (secondary N) is 1. The smallest absolute Gasteiger partial charge is 0.396 e. The molecule has 1 aromatic rings. The van der Waals surface area contributed by atoms with E-state index in [1.165, 1.54) is 0 Å². The summed E-state index contributed by atoms with van der Waals surface area (Å²) in [7, 11) is 0. The fraction of sp³-hybridized carbons (Fsp3) is 0.545. The number of nitrogen functional groups attached to an aromatic ring is 1. The van der Waals surface area contributed by atoms with E-state index < -0.39 is 11.9 Å². The maximum absolute atomic E-state index is 12.5. The fourth-order valence-corrected chi connectivity index (χ4v) is 2.04. The molecule has 1 saturated carbocycles. The molecule has 1 aromatic heterocycles. The molecule has 94 valence electrons. The summed E-state index contributed by atoms with van der Waals surface area (Å²) in [4.78, 5) is 3.29. The lowest BCUT2D eigenvalue weighted by molar-refractivity contribution is -0.141. The lowest BCUT2D eigenvalue weighted by Gasteiger charge is -2.16. The summed E-state index contributed by atoms with van der Waals surface area (Å²) in [6, 6.07) is 1.20. The first kappa shape index (κ1) is 12.0. The van der Waals surface area contributed by atoms with Crippen LogP contribution in [0.4, 0.5) is 24.5 Å². The van der Waals surface area contributed by atoms with Crippen molar-refractivity contribution in [1.82, 2.24) is 4.98 Å². The van der Waals surface area contributed by atoms with Gasteiger partial charge in [-0.2, -0.15) is 13.2 Å². The van der Waals surface area contributed by atoms with E-state index in [0.717, 1.165) is 37.9 Å². The third-order valence-electron chi connectivity index (χ3n) is 2.94. The Labute approximate surface area is 97.2 Å². The maximum Gasteiger partial charge on any atom is 0.433 e. The topological polar surface area (TPSA) is 50.9 Å². The summed E-state index contributed by atoms with van der Waals surface area (Å²) in [5.41, 5.74) is 5.30. The SMILES string of the molecule is Nc1cnc(C(F)(F)F)cc1NC1CCCC1. The second-order valence-corrected chi connectivity index (χ2v) is 4.28. The van der Waals surface area contributed by atoms with E-state index in [1.54, 1.807) is 0 Å². The van der Waals surface area contributed by atoms with Crippen LogP contribution in [-0.4, -0.2) is 11.0 Å². The predicted molar refractivity (Wildman–Crippen MR) is 59.5 cm³/mol. The van der Waals surface area contributed by atoms with Crippen molar-refractivity contribution in [3.05, 3.63) is 18.0 Å². The molecule has 3 nitrogen and oxygen atoms in total. The monoisotopic (exact) mass is 245 g/mol. The summed E-state index contributed by atoms with van der Waals surface area (Å²) in [6.07, 6.45) is 0.787. The molecule has 17 heavy (non-hydrogen) atoms. The van der Waals surface area contributed by atoms with E-state index in [0.29, 0.717) is 5.69 Å². The molecule has 1 aliphatic carbocycles. The minimum atomic E-state index is -4.43. The van der Waals surface area contributed by atoms with Crippen LogP contribution in [0.25, 0.3) is 0 Å². The van der Waals surface area contributed by atoms with Crippen LogP contribution in [0.1, 0.15) is 31.4 Å². The van der Waals surface area contributed by atoms with Crippen molar-refractivity contribution in [2.24, 2.45) is 0 Å². The summed E-state index contributed by atoms with van der Waals surface area (Å²) < 4.78 is 37.4. The van der Waals surface area contributed by atoms with E-state index in [1.807, 2.05) is 0 Å². The highest BCUT2D eigenvalue weighted by Gasteiger charge is 2.33. The Morgan fingerprint density at radius 1 is 1.29 bits per heavy atom. The van der Waals surface area contributed by atoms with E-state index in [-0.39, 0.29) is 11.7 Å². The molecule has 0 radical (unpaired) electrons. The van der Waals surface area contributed by atoms with E-state index in [9.17, 15) is 13.2 Å². The Balaban J connectivity index is 2.20. The first-order valence-electron chi connectivity index (χ1n) is 5.56. The minimum absolute atomic E-state index is 0.223. The molecule has 6 heteroatoms. The average molecular weight is 245 g/mol. The summed E-state index contributed by atoms with van der Waals surface area (Å²) in [5.74, 6) is 0. The number of hydrogen-bond acceptors (Lipinski definition) is 3. The number of alkyl halides is 3. The third kappa shape index (κ3) is 2.81. The molecule has 0 atom stereocenters. The minimum Gasteiger partial charge on any atom is -0.396 e. The van der Waals surface area contributed by atoms with Crippen LogP contribution < -0.4 is 11.1 Å². The molecule has 2 rings (SSSR count). The van der Waals surface area contributed by atoms with Gasteiger partial charge in [0.05, 0.1) is 17.6 Å². The van der Waals surface area contributed by atoms with E-state index in [4.69, 9.17) is 5.73 Å². The summed E-state index contributed by atoms with van der Waals surface area (Å²) in [6.45, 7) is 0. The lowest BCUT2D eigenvalue weighted by atomic mass is 10.2.